The van der Waals surface area contributed by atoms with Crippen LogP contribution in [0.2, 0.25) is 0 Å². The molecule has 0 atom stereocenters. The second-order valence-electron chi connectivity index (χ2n) is 0.892. The van der Waals surface area contributed by atoms with E-state index in [0.29, 0.717) is 10.8 Å². The van der Waals surface area contributed by atoms with Crippen LogP contribution in [0.4, 0.5) is 0 Å². The fourth-order valence-electron chi connectivity index (χ4n) is 0.133. The molecular weight excluding hydrogens is 156 g/mol. The lowest BCUT2D eigenvalue weighted by Crippen LogP contribution is -1.60. The van der Waals surface area contributed by atoms with Gasteiger partial charge in [-0.05, 0) is 6.08 Å². The second-order valence-corrected chi connectivity index (χ2v) is 1.81. The summed E-state index contributed by atoms with van der Waals surface area (Å²) in [4.78, 5) is 9.62. The van der Waals surface area contributed by atoms with Crippen molar-refractivity contribution in [3.05, 3.63) is 23.2 Å². The molecule has 0 saturated carbocycles. The van der Waals surface area contributed by atoms with Gasteiger partial charge >= 0.3 is 0 Å². The number of carbonyl (C=O) groups is 1. The van der Waals surface area contributed by atoms with Crippen molar-refractivity contribution in [1.29, 1.82) is 0 Å². The second kappa shape index (κ2) is 3.81. The highest BCUT2D eigenvalue weighted by atomic mass is 79.9. The summed E-state index contributed by atoms with van der Waals surface area (Å²) in [6.45, 7) is 3.41. The minimum Gasteiger partial charge on any atom is -0.299 e. The zero-order chi connectivity index (χ0) is 5.70. The van der Waals surface area contributed by atoms with Gasteiger partial charge in [-0.3, -0.25) is 4.79 Å². The molecule has 0 N–H and O–H groups in total. The average molecular weight is 161 g/mol. The van der Waals surface area contributed by atoms with Crippen molar-refractivity contribution in [2.75, 3.05) is 0 Å². The Morgan fingerprint density at radius 1 is 1.71 bits per heavy atom. The molecule has 0 aromatic heterocycles. The molecule has 2 heteroatoms. The number of rotatable bonds is 2. The van der Waals surface area contributed by atoms with Crippen LogP contribution in [0.3, 0.4) is 0 Å². The summed E-state index contributed by atoms with van der Waals surface area (Å²) < 4.78 is 0.711. The van der Waals surface area contributed by atoms with E-state index in [0.717, 1.165) is 0 Å². The van der Waals surface area contributed by atoms with Gasteiger partial charge in [-0.2, -0.15) is 0 Å². The summed E-state index contributed by atoms with van der Waals surface area (Å²) in [5, 5.41) is 0. The summed E-state index contributed by atoms with van der Waals surface area (Å²) in [7, 11) is 0. The molecule has 0 heterocycles. The van der Waals surface area contributed by atoms with Gasteiger partial charge in [0.25, 0.3) is 0 Å². The largest absolute Gasteiger partial charge is 0.299 e. The van der Waals surface area contributed by atoms with E-state index in [1.165, 1.54) is 6.08 Å². The first-order chi connectivity index (χ1) is 3.31. The van der Waals surface area contributed by atoms with Crippen LogP contribution in [0.15, 0.2) is 23.2 Å². The highest BCUT2D eigenvalue weighted by molar-refractivity contribution is 9.11. The fourth-order valence-corrected chi connectivity index (χ4v) is 0.241. The Labute approximate surface area is 50.8 Å². The molecule has 0 fully saturated rings. The van der Waals surface area contributed by atoms with E-state index < -0.39 is 0 Å². The van der Waals surface area contributed by atoms with Crippen LogP contribution < -0.4 is 0 Å². The van der Waals surface area contributed by atoms with E-state index in [-0.39, 0.29) is 0 Å². The minimum atomic E-state index is 0.700. The Bertz CT molecular complexity index is 105. The normalized spacial score (nSPS) is 10.7. The minimum absolute atomic E-state index is 0.700. The van der Waals surface area contributed by atoms with Gasteiger partial charge in [0.15, 0.2) is 0 Å². The topological polar surface area (TPSA) is 17.1 Å². The lowest BCUT2D eigenvalue weighted by molar-refractivity contribution is -0.104. The Hall–Kier alpha value is -0.370. The van der Waals surface area contributed by atoms with E-state index in [9.17, 15) is 4.79 Å². The fraction of sp³-hybridized carbons (Fsp3) is 0. The molecular formula is C5H5BrO. The van der Waals surface area contributed by atoms with Gasteiger partial charge in [-0.1, -0.05) is 28.6 Å². The molecule has 0 aliphatic carbocycles. The molecule has 0 unspecified atom stereocenters. The molecule has 7 heavy (non-hydrogen) atoms. The zero-order valence-electron chi connectivity index (χ0n) is 3.73. The lowest BCUT2D eigenvalue weighted by Gasteiger charge is -1.75. The molecule has 0 rings (SSSR count). The lowest BCUT2D eigenvalue weighted by atomic mass is 10.5. The Kier molecular flexibility index (Phi) is 3.61. The number of allylic oxidation sites excluding steroid dienone is 3. The van der Waals surface area contributed by atoms with Crippen LogP contribution in [0, 0.1) is 0 Å². The molecule has 0 aliphatic rings. The third-order valence-corrected chi connectivity index (χ3v) is 1.01. The van der Waals surface area contributed by atoms with E-state index in [4.69, 9.17) is 0 Å². The molecule has 0 aromatic carbocycles. The van der Waals surface area contributed by atoms with Crippen molar-refractivity contribution in [1.82, 2.24) is 0 Å². The maximum absolute atomic E-state index is 9.62. The first kappa shape index (κ1) is 6.63. The first-order valence-electron chi connectivity index (χ1n) is 1.74. The Morgan fingerprint density at radius 2 is 2.29 bits per heavy atom. The predicted molar refractivity (Wildman–Crippen MR) is 33.3 cm³/mol. The third-order valence-electron chi connectivity index (χ3n) is 0.422. The van der Waals surface area contributed by atoms with Gasteiger partial charge in [-0.15, -0.1) is 0 Å². The van der Waals surface area contributed by atoms with E-state index in [1.54, 1.807) is 6.08 Å². The van der Waals surface area contributed by atoms with Crippen molar-refractivity contribution in [2.24, 2.45) is 0 Å². The quantitative estimate of drug-likeness (QED) is 0.342. The van der Waals surface area contributed by atoms with E-state index in [2.05, 4.69) is 22.5 Å². The molecule has 0 aromatic rings. The molecule has 1 nitrogen and oxygen atoms in total. The molecule has 0 amide bonds. The van der Waals surface area contributed by atoms with Gasteiger partial charge in [0.2, 0.25) is 0 Å². The van der Waals surface area contributed by atoms with Crippen LogP contribution >= 0.6 is 15.9 Å². The van der Waals surface area contributed by atoms with Crippen molar-refractivity contribution in [3.63, 3.8) is 0 Å². The number of aldehydes is 1. The molecule has 0 bridgehead atoms. The van der Waals surface area contributed by atoms with E-state index in [1.807, 2.05) is 0 Å². The molecule has 0 aliphatic heterocycles. The zero-order valence-corrected chi connectivity index (χ0v) is 5.31. The van der Waals surface area contributed by atoms with Crippen molar-refractivity contribution in [2.45, 2.75) is 0 Å². The van der Waals surface area contributed by atoms with Gasteiger partial charge in [-0.25, -0.2) is 0 Å². The maximum atomic E-state index is 9.62. The monoisotopic (exact) mass is 160 g/mol. The van der Waals surface area contributed by atoms with Crippen LogP contribution in [0.5, 0.6) is 0 Å². The SMILES string of the molecule is C=C/C(Br)=C/C=O. The van der Waals surface area contributed by atoms with Crippen molar-refractivity contribution in [3.8, 4) is 0 Å². The first-order valence-corrected chi connectivity index (χ1v) is 2.54. The smallest absolute Gasteiger partial charge is 0.143 e. The van der Waals surface area contributed by atoms with Crippen LogP contribution in [0.1, 0.15) is 0 Å². The molecule has 0 radical (unpaired) electrons. The van der Waals surface area contributed by atoms with Crippen LogP contribution in [0.25, 0.3) is 0 Å². The summed E-state index contributed by atoms with van der Waals surface area (Å²) in [5.41, 5.74) is 0. The maximum Gasteiger partial charge on any atom is 0.143 e. The summed E-state index contributed by atoms with van der Waals surface area (Å²) in [5.74, 6) is 0. The number of carbonyl (C=O) groups excluding carboxylic acids is 1. The van der Waals surface area contributed by atoms with Crippen molar-refractivity contribution < 1.29 is 4.79 Å². The number of hydrogen-bond acceptors (Lipinski definition) is 1. The molecule has 38 valence electrons. The van der Waals surface area contributed by atoms with Crippen LogP contribution in [-0.2, 0) is 4.79 Å². The number of hydrogen-bond donors (Lipinski definition) is 0. The average Bonchev–Trinajstić information content (AvgIpc) is 1.68. The molecule has 0 saturated heterocycles. The summed E-state index contributed by atoms with van der Waals surface area (Å²) >= 11 is 3.05. The van der Waals surface area contributed by atoms with Crippen LogP contribution in [-0.4, -0.2) is 6.29 Å². The van der Waals surface area contributed by atoms with Crippen molar-refractivity contribution >= 4 is 22.2 Å². The van der Waals surface area contributed by atoms with E-state index >= 15 is 0 Å². The standard InChI is InChI=1S/C5H5BrO/c1-2-5(6)3-4-7/h2-4H,1H2/b5-3-. The highest BCUT2D eigenvalue weighted by Crippen LogP contribution is 2.01. The van der Waals surface area contributed by atoms with Gasteiger partial charge < -0.3 is 0 Å². The number of halogens is 1. The summed E-state index contributed by atoms with van der Waals surface area (Å²) in [6.07, 6.45) is 3.63. The summed E-state index contributed by atoms with van der Waals surface area (Å²) in [6, 6.07) is 0. The Balaban J connectivity index is 3.72. The van der Waals surface area contributed by atoms with Gasteiger partial charge in [0.05, 0.1) is 0 Å². The van der Waals surface area contributed by atoms with Gasteiger partial charge in [0, 0.05) is 4.48 Å². The predicted octanol–water partition coefficient (Wildman–Crippen LogP) is 1.65. The highest BCUT2D eigenvalue weighted by Gasteiger charge is 1.74. The Morgan fingerprint density at radius 3 is 2.43 bits per heavy atom. The third kappa shape index (κ3) is 3.46. The molecule has 0 spiro atoms. The van der Waals surface area contributed by atoms with Gasteiger partial charge in [0.1, 0.15) is 6.29 Å².